The molecule has 0 fully saturated rings. The van der Waals surface area contributed by atoms with Crippen molar-refractivity contribution < 1.29 is 35.8 Å². The lowest BCUT2D eigenvalue weighted by Crippen LogP contribution is -2.17. The maximum Gasteiger partial charge on any atom is 0.573 e. The number of hydrogen-bond acceptors (Lipinski definition) is 2. The SMILES string of the molecule is FC(F)(F)Oc1cccc(-c2ccc(OC(F)(F)F)cc2I)c1. The van der Waals surface area contributed by atoms with Crippen molar-refractivity contribution in [3.8, 4) is 22.6 Å². The average molecular weight is 448 g/mol. The maximum absolute atomic E-state index is 12.2. The third kappa shape index (κ3) is 5.48. The van der Waals surface area contributed by atoms with E-state index in [9.17, 15) is 26.3 Å². The van der Waals surface area contributed by atoms with Crippen LogP contribution < -0.4 is 9.47 Å². The third-order valence-corrected chi connectivity index (χ3v) is 3.45. The predicted molar refractivity (Wildman–Crippen MR) is 78.0 cm³/mol. The Morgan fingerprint density at radius 3 is 1.83 bits per heavy atom. The van der Waals surface area contributed by atoms with Crippen molar-refractivity contribution in [3.63, 3.8) is 0 Å². The van der Waals surface area contributed by atoms with Crippen LogP contribution in [0.25, 0.3) is 11.1 Å². The molecular formula is C14H7F6IO2. The summed E-state index contributed by atoms with van der Waals surface area (Å²) in [6.07, 6.45) is -9.64. The molecule has 0 saturated heterocycles. The maximum atomic E-state index is 12.2. The predicted octanol–water partition coefficient (Wildman–Crippen LogP) is 5.76. The first-order valence-corrected chi connectivity index (χ1v) is 7.03. The molecule has 0 N–H and O–H groups in total. The highest BCUT2D eigenvalue weighted by Crippen LogP contribution is 2.33. The van der Waals surface area contributed by atoms with Crippen molar-refractivity contribution in [2.45, 2.75) is 12.7 Å². The van der Waals surface area contributed by atoms with Gasteiger partial charge in [-0.05, 0) is 64.0 Å². The van der Waals surface area contributed by atoms with Crippen LogP contribution in [0.3, 0.4) is 0 Å². The number of halogens is 7. The van der Waals surface area contributed by atoms with Gasteiger partial charge in [0.1, 0.15) is 11.5 Å². The minimum absolute atomic E-state index is 0.370. The van der Waals surface area contributed by atoms with Gasteiger partial charge >= 0.3 is 12.7 Å². The van der Waals surface area contributed by atoms with Crippen LogP contribution >= 0.6 is 22.6 Å². The lowest BCUT2D eigenvalue weighted by Gasteiger charge is -2.13. The molecule has 2 nitrogen and oxygen atoms in total. The summed E-state index contributed by atoms with van der Waals surface area (Å²) < 4.78 is 81.1. The Labute approximate surface area is 140 Å². The molecule has 0 aromatic heterocycles. The highest BCUT2D eigenvalue weighted by Gasteiger charge is 2.32. The summed E-state index contributed by atoms with van der Waals surface area (Å²) in [4.78, 5) is 0. The third-order valence-electron chi connectivity index (χ3n) is 2.55. The largest absolute Gasteiger partial charge is 0.573 e. The number of alkyl halides is 6. The first-order chi connectivity index (χ1) is 10.5. The van der Waals surface area contributed by atoms with Crippen LogP contribution in [0.1, 0.15) is 0 Å². The standard InChI is InChI=1S/C14H7F6IO2/c15-13(16,17)22-9-3-1-2-8(6-9)11-5-4-10(7-12(11)21)23-14(18,19)20/h1-7H. The van der Waals surface area contributed by atoms with Gasteiger partial charge in [0.05, 0.1) is 0 Å². The molecule has 0 heterocycles. The van der Waals surface area contributed by atoms with Gasteiger partial charge in [0.2, 0.25) is 0 Å². The molecule has 124 valence electrons. The van der Waals surface area contributed by atoms with Crippen molar-refractivity contribution in [2.24, 2.45) is 0 Å². The van der Waals surface area contributed by atoms with E-state index in [2.05, 4.69) is 9.47 Å². The smallest absolute Gasteiger partial charge is 0.406 e. The summed E-state index contributed by atoms with van der Waals surface area (Å²) in [5.74, 6) is -0.824. The number of rotatable bonds is 3. The Hall–Kier alpha value is -1.65. The summed E-state index contributed by atoms with van der Waals surface area (Å²) in [7, 11) is 0. The molecule has 0 aliphatic heterocycles. The van der Waals surface area contributed by atoms with Crippen molar-refractivity contribution >= 4 is 22.6 Å². The van der Waals surface area contributed by atoms with Crippen molar-refractivity contribution in [1.82, 2.24) is 0 Å². The summed E-state index contributed by atoms with van der Waals surface area (Å²) in [5, 5.41) is 0. The fourth-order valence-electron chi connectivity index (χ4n) is 1.79. The molecule has 0 atom stereocenters. The first-order valence-electron chi connectivity index (χ1n) is 5.95. The van der Waals surface area contributed by atoms with Gasteiger partial charge in [-0.2, -0.15) is 0 Å². The van der Waals surface area contributed by atoms with Gasteiger partial charge in [-0.1, -0.05) is 12.1 Å². The van der Waals surface area contributed by atoms with E-state index in [0.29, 0.717) is 14.7 Å². The van der Waals surface area contributed by atoms with Gasteiger partial charge in [0.25, 0.3) is 0 Å². The van der Waals surface area contributed by atoms with E-state index in [-0.39, 0.29) is 0 Å². The van der Waals surface area contributed by atoms with Crippen molar-refractivity contribution in [1.29, 1.82) is 0 Å². The van der Waals surface area contributed by atoms with Gasteiger partial charge in [-0.3, -0.25) is 0 Å². The van der Waals surface area contributed by atoms with E-state index < -0.39 is 24.2 Å². The zero-order valence-electron chi connectivity index (χ0n) is 11.0. The second-order valence-corrected chi connectivity index (χ2v) is 5.43. The van der Waals surface area contributed by atoms with Crippen LogP contribution in [0.4, 0.5) is 26.3 Å². The van der Waals surface area contributed by atoms with Crippen LogP contribution in [0.15, 0.2) is 42.5 Å². The molecule has 0 amide bonds. The quantitative estimate of drug-likeness (QED) is 0.440. The molecule has 0 aliphatic carbocycles. The Bertz CT molecular complexity index is 696. The summed E-state index contributed by atoms with van der Waals surface area (Å²) in [5.41, 5.74) is 0.822. The molecule has 0 aliphatic rings. The normalized spacial score (nSPS) is 12.1. The number of hydrogen-bond donors (Lipinski definition) is 0. The van der Waals surface area contributed by atoms with Crippen LogP contribution in [0, 0.1) is 3.57 Å². The fourth-order valence-corrected chi connectivity index (χ4v) is 2.59. The summed E-state index contributed by atoms with van der Waals surface area (Å²) in [6.45, 7) is 0. The minimum atomic E-state index is -4.82. The van der Waals surface area contributed by atoms with E-state index >= 15 is 0 Å². The summed E-state index contributed by atoms with van der Waals surface area (Å²) in [6, 6.07) is 8.70. The lowest BCUT2D eigenvalue weighted by atomic mass is 10.1. The van der Waals surface area contributed by atoms with Crippen LogP contribution in [-0.4, -0.2) is 12.7 Å². The minimum Gasteiger partial charge on any atom is -0.406 e. The number of benzene rings is 2. The second-order valence-electron chi connectivity index (χ2n) is 4.27. The zero-order chi connectivity index (χ0) is 17.3. The van der Waals surface area contributed by atoms with Crippen LogP contribution in [-0.2, 0) is 0 Å². The molecule has 0 bridgehead atoms. The van der Waals surface area contributed by atoms with Crippen LogP contribution in [0.5, 0.6) is 11.5 Å². The molecule has 0 saturated carbocycles. The van der Waals surface area contributed by atoms with E-state index in [0.717, 1.165) is 24.3 Å². The molecule has 2 aromatic rings. The van der Waals surface area contributed by atoms with Crippen molar-refractivity contribution in [3.05, 3.63) is 46.0 Å². The van der Waals surface area contributed by atoms with Gasteiger partial charge in [0, 0.05) is 3.57 Å². The van der Waals surface area contributed by atoms with Gasteiger partial charge < -0.3 is 9.47 Å². The Balaban J connectivity index is 2.30. The molecule has 23 heavy (non-hydrogen) atoms. The topological polar surface area (TPSA) is 18.5 Å². The Morgan fingerprint density at radius 2 is 1.30 bits per heavy atom. The van der Waals surface area contributed by atoms with E-state index in [1.165, 1.54) is 18.2 Å². The Morgan fingerprint density at radius 1 is 0.739 bits per heavy atom. The zero-order valence-corrected chi connectivity index (χ0v) is 13.2. The monoisotopic (exact) mass is 448 g/mol. The molecule has 0 spiro atoms. The van der Waals surface area contributed by atoms with Gasteiger partial charge in [-0.25, -0.2) is 0 Å². The Kier molecular flexibility index (Phi) is 4.97. The van der Waals surface area contributed by atoms with Gasteiger partial charge in [0.15, 0.2) is 0 Å². The molecule has 2 aromatic carbocycles. The van der Waals surface area contributed by atoms with E-state index in [1.807, 2.05) is 0 Å². The number of ether oxygens (including phenoxy) is 2. The lowest BCUT2D eigenvalue weighted by molar-refractivity contribution is -0.275. The molecule has 2 rings (SSSR count). The molecule has 9 heteroatoms. The fraction of sp³-hybridized carbons (Fsp3) is 0.143. The van der Waals surface area contributed by atoms with E-state index in [1.54, 1.807) is 22.6 Å². The van der Waals surface area contributed by atoms with Gasteiger partial charge in [-0.15, -0.1) is 26.3 Å². The van der Waals surface area contributed by atoms with Crippen LogP contribution in [0.2, 0.25) is 0 Å². The van der Waals surface area contributed by atoms with Crippen molar-refractivity contribution in [2.75, 3.05) is 0 Å². The second kappa shape index (κ2) is 6.46. The first kappa shape index (κ1) is 17.7. The molecule has 0 unspecified atom stereocenters. The highest BCUT2D eigenvalue weighted by atomic mass is 127. The summed E-state index contributed by atoms with van der Waals surface area (Å²) >= 11 is 1.77. The van der Waals surface area contributed by atoms with E-state index in [4.69, 9.17) is 0 Å². The average Bonchev–Trinajstić information content (AvgIpc) is 2.35. The molecule has 0 radical (unpaired) electrons. The molecular weight excluding hydrogens is 441 g/mol. The highest BCUT2D eigenvalue weighted by molar-refractivity contribution is 14.1.